The molecule has 0 amide bonds. The Labute approximate surface area is 95.4 Å². The number of nitrogens with one attached hydrogen (secondary N) is 1. The van der Waals surface area contributed by atoms with Crippen LogP contribution in [-0.4, -0.2) is 36.6 Å². The molecule has 0 radical (unpaired) electrons. The Morgan fingerprint density at radius 2 is 2.00 bits per heavy atom. The van der Waals surface area contributed by atoms with Crippen LogP contribution in [-0.2, 0) is 0 Å². The Hall–Kier alpha value is -0.0800. The molecular formula is C13H28N2. The number of rotatable bonds is 6. The molecule has 0 spiro atoms. The molecule has 0 saturated heterocycles. The van der Waals surface area contributed by atoms with Crippen LogP contribution >= 0.6 is 0 Å². The Morgan fingerprint density at radius 3 is 2.53 bits per heavy atom. The van der Waals surface area contributed by atoms with E-state index in [1.165, 1.54) is 32.4 Å². The fourth-order valence-electron chi connectivity index (χ4n) is 2.79. The molecule has 0 aromatic carbocycles. The topological polar surface area (TPSA) is 15.3 Å². The molecule has 1 saturated carbocycles. The molecule has 1 N–H and O–H groups in total. The summed E-state index contributed by atoms with van der Waals surface area (Å²) in [7, 11) is 0. The molecule has 0 aliphatic heterocycles. The second kappa shape index (κ2) is 6.49. The van der Waals surface area contributed by atoms with Crippen LogP contribution in [0.25, 0.3) is 0 Å². The Morgan fingerprint density at radius 1 is 1.27 bits per heavy atom. The lowest BCUT2D eigenvalue weighted by Gasteiger charge is -2.30. The van der Waals surface area contributed by atoms with Gasteiger partial charge in [-0.15, -0.1) is 0 Å². The third kappa shape index (κ3) is 3.76. The largest absolute Gasteiger partial charge is 0.314 e. The first-order valence-electron chi connectivity index (χ1n) is 6.66. The molecule has 0 aromatic heterocycles. The van der Waals surface area contributed by atoms with E-state index in [-0.39, 0.29) is 0 Å². The predicted molar refractivity (Wildman–Crippen MR) is 67.2 cm³/mol. The SMILES string of the molecule is CCNC1CCCC1CN(CC)C(C)C. The van der Waals surface area contributed by atoms with Crippen LogP contribution in [0.4, 0.5) is 0 Å². The van der Waals surface area contributed by atoms with Crippen LogP contribution in [0.15, 0.2) is 0 Å². The summed E-state index contributed by atoms with van der Waals surface area (Å²) in [5.41, 5.74) is 0. The first kappa shape index (κ1) is 13.0. The molecule has 1 rings (SSSR count). The van der Waals surface area contributed by atoms with E-state index < -0.39 is 0 Å². The van der Waals surface area contributed by atoms with Crippen molar-refractivity contribution >= 4 is 0 Å². The molecule has 2 unspecified atom stereocenters. The minimum atomic E-state index is 0.692. The monoisotopic (exact) mass is 212 g/mol. The maximum Gasteiger partial charge on any atom is 0.0107 e. The summed E-state index contributed by atoms with van der Waals surface area (Å²) in [5, 5.41) is 3.64. The van der Waals surface area contributed by atoms with Crippen molar-refractivity contribution in [1.82, 2.24) is 10.2 Å². The van der Waals surface area contributed by atoms with E-state index in [2.05, 4.69) is 37.9 Å². The second-order valence-electron chi connectivity index (χ2n) is 5.04. The first-order valence-corrected chi connectivity index (χ1v) is 6.66. The maximum absolute atomic E-state index is 3.64. The predicted octanol–water partition coefficient (Wildman–Crippen LogP) is 2.49. The summed E-state index contributed by atoms with van der Waals surface area (Å²) in [4.78, 5) is 2.60. The zero-order chi connectivity index (χ0) is 11.3. The molecule has 2 atom stereocenters. The summed E-state index contributed by atoms with van der Waals surface area (Å²) in [6.45, 7) is 12.7. The van der Waals surface area contributed by atoms with Gasteiger partial charge < -0.3 is 10.2 Å². The summed E-state index contributed by atoms with van der Waals surface area (Å²) in [6.07, 6.45) is 4.22. The van der Waals surface area contributed by atoms with Crippen LogP contribution in [0.2, 0.25) is 0 Å². The normalized spacial score (nSPS) is 26.8. The molecule has 1 fully saturated rings. The number of hydrogen-bond acceptors (Lipinski definition) is 2. The second-order valence-corrected chi connectivity index (χ2v) is 5.04. The van der Waals surface area contributed by atoms with Gasteiger partial charge in [0.15, 0.2) is 0 Å². The van der Waals surface area contributed by atoms with Crippen LogP contribution in [0, 0.1) is 5.92 Å². The highest BCUT2D eigenvalue weighted by Crippen LogP contribution is 2.26. The lowest BCUT2D eigenvalue weighted by atomic mass is 10.0. The summed E-state index contributed by atoms with van der Waals surface area (Å²) < 4.78 is 0. The highest BCUT2D eigenvalue weighted by atomic mass is 15.1. The average Bonchev–Trinajstić information content (AvgIpc) is 2.62. The van der Waals surface area contributed by atoms with E-state index in [1.807, 2.05) is 0 Å². The molecule has 15 heavy (non-hydrogen) atoms. The van der Waals surface area contributed by atoms with Gasteiger partial charge in [-0.05, 0) is 45.7 Å². The van der Waals surface area contributed by atoms with Gasteiger partial charge in [0.25, 0.3) is 0 Å². The Balaban J connectivity index is 2.41. The van der Waals surface area contributed by atoms with Crippen LogP contribution in [0.3, 0.4) is 0 Å². The van der Waals surface area contributed by atoms with Crippen LogP contribution < -0.4 is 5.32 Å². The van der Waals surface area contributed by atoms with E-state index >= 15 is 0 Å². The van der Waals surface area contributed by atoms with E-state index in [9.17, 15) is 0 Å². The van der Waals surface area contributed by atoms with E-state index in [0.717, 1.165) is 18.5 Å². The van der Waals surface area contributed by atoms with Crippen LogP contribution in [0.5, 0.6) is 0 Å². The third-order valence-corrected chi connectivity index (χ3v) is 3.73. The minimum absolute atomic E-state index is 0.692. The summed E-state index contributed by atoms with van der Waals surface area (Å²) >= 11 is 0. The van der Waals surface area contributed by atoms with Crippen molar-refractivity contribution in [3.8, 4) is 0 Å². The van der Waals surface area contributed by atoms with Gasteiger partial charge in [-0.3, -0.25) is 0 Å². The zero-order valence-electron chi connectivity index (χ0n) is 10.9. The van der Waals surface area contributed by atoms with Crippen molar-refractivity contribution in [2.75, 3.05) is 19.6 Å². The molecule has 0 heterocycles. The van der Waals surface area contributed by atoms with Gasteiger partial charge in [-0.25, -0.2) is 0 Å². The van der Waals surface area contributed by atoms with Crippen molar-refractivity contribution in [3.63, 3.8) is 0 Å². The number of nitrogens with zero attached hydrogens (tertiary/aromatic N) is 1. The third-order valence-electron chi connectivity index (χ3n) is 3.73. The van der Waals surface area contributed by atoms with Gasteiger partial charge in [0, 0.05) is 18.6 Å². The quantitative estimate of drug-likeness (QED) is 0.728. The summed E-state index contributed by atoms with van der Waals surface area (Å²) in [5.74, 6) is 0.882. The van der Waals surface area contributed by atoms with Crippen molar-refractivity contribution in [3.05, 3.63) is 0 Å². The number of hydrogen-bond donors (Lipinski definition) is 1. The molecule has 1 aliphatic carbocycles. The fourth-order valence-corrected chi connectivity index (χ4v) is 2.79. The fraction of sp³-hybridized carbons (Fsp3) is 1.00. The molecule has 2 nitrogen and oxygen atoms in total. The molecule has 2 heteroatoms. The lowest BCUT2D eigenvalue weighted by molar-refractivity contribution is 0.184. The molecule has 90 valence electrons. The van der Waals surface area contributed by atoms with Crippen molar-refractivity contribution in [2.24, 2.45) is 5.92 Å². The molecule has 0 aromatic rings. The van der Waals surface area contributed by atoms with E-state index in [4.69, 9.17) is 0 Å². The highest BCUT2D eigenvalue weighted by molar-refractivity contribution is 4.85. The first-order chi connectivity index (χ1) is 7.19. The maximum atomic E-state index is 3.64. The van der Waals surface area contributed by atoms with Crippen molar-refractivity contribution in [2.45, 2.75) is 59.0 Å². The molecule has 1 aliphatic rings. The summed E-state index contributed by atoms with van der Waals surface area (Å²) in [6, 6.07) is 1.47. The molecular weight excluding hydrogens is 184 g/mol. The smallest absolute Gasteiger partial charge is 0.0107 e. The zero-order valence-corrected chi connectivity index (χ0v) is 10.9. The van der Waals surface area contributed by atoms with Crippen molar-refractivity contribution in [1.29, 1.82) is 0 Å². The standard InChI is InChI=1S/C13H28N2/c1-5-14-13-9-7-8-12(13)10-15(6-2)11(3)4/h11-14H,5-10H2,1-4H3. The van der Waals surface area contributed by atoms with Gasteiger partial charge in [0.05, 0.1) is 0 Å². The highest BCUT2D eigenvalue weighted by Gasteiger charge is 2.28. The Kier molecular flexibility index (Phi) is 5.62. The van der Waals surface area contributed by atoms with Gasteiger partial charge in [0.2, 0.25) is 0 Å². The van der Waals surface area contributed by atoms with Gasteiger partial charge in [-0.1, -0.05) is 20.3 Å². The minimum Gasteiger partial charge on any atom is -0.314 e. The van der Waals surface area contributed by atoms with Gasteiger partial charge in [-0.2, -0.15) is 0 Å². The average molecular weight is 212 g/mol. The lowest BCUT2D eigenvalue weighted by Crippen LogP contribution is -2.41. The van der Waals surface area contributed by atoms with Crippen molar-refractivity contribution < 1.29 is 0 Å². The van der Waals surface area contributed by atoms with Crippen LogP contribution in [0.1, 0.15) is 47.0 Å². The van der Waals surface area contributed by atoms with E-state index in [1.54, 1.807) is 0 Å². The van der Waals surface area contributed by atoms with Gasteiger partial charge >= 0.3 is 0 Å². The van der Waals surface area contributed by atoms with Gasteiger partial charge in [0.1, 0.15) is 0 Å². The molecule has 0 bridgehead atoms. The Bertz CT molecular complexity index is 168. The van der Waals surface area contributed by atoms with E-state index in [0.29, 0.717) is 6.04 Å².